The first-order valence-corrected chi connectivity index (χ1v) is 6.84. The molecule has 1 aromatic rings. The third-order valence-corrected chi connectivity index (χ3v) is 4.75. The van der Waals surface area contributed by atoms with Gasteiger partial charge >= 0.3 is 0 Å². The molecule has 4 rings (SSSR count). The molecule has 86 valence electrons. The molecule has 0 heterocycles. The zero-order valence-electron chi connectivity index (χ0n) is 10.0. The summed E-state index contributed by atoms with van der Waals surface area (Å²) in [6.07, 6.45) is 13.8. The molecule has 0 spiro atoms. The van der Waals surface area contributed by atoms with Crippen LogP contribution in [0.3, 0.4) is 0 Å². The standard InChI is InChI=1S/C17H18/c1-2-12-8-13-4-5-15(10-13)17-7-6-16(11-17)14(3-1)9-12/h1-7,9,13,15-17H,8,10-11H2/t13-,15+,16-,17-/m1/s1. The van der Waals surface area contributed by atoms with Crippen molar-refractivity contribution in [3.8, 4) is 0 Å². The molecule has 3 aliphatic carbocycles. The van der Waals surface area contributed by atoms with Gasteiger partial charge in [-0.3, -0.25) is 0 Å². The molecule has 0 amide bonds. The topological polar surface area (TPSA) is 0 Å². The average molecular weight is 222 g/mol. The summed E-state index contributed by atoms with van der Waals surface area (Å²) in [6, 6.07) is 9.27. The van der Waals surface area contributed by atoms with Crippen LogP contribution in [0.1, 0.15) is 29.9 Å². The van der Waals surface area contributed by atoms with Crippen molar-refractivity contribution in [2.24, 2.45) is 17.8 Å². The zero-order valence-corrected chi connectivity index (χ0v) is 10.0. The molecule has 4 atom stereocenters. The number of benzene rings is 1. The molecule has 1 aromatic carbocycles. The van der Waals surface area contributed by atoms with Crippen LogP contribution in [0, 0.1) is 17.8 Å². The summed E-state index contributed by atoms with van der Waals surface area (Å²) in [4.78, 5) is 0. The van der Waals surface area contributed by atoms with Gasteiger partial charge in [0.25, 0.3) is 0 Å². The van der Waals surface area contributed by atoms with Crippen LogP contribution < -0.4 is 0 Å². The maximum atomic E-state index is 2.48. The van der Waals surface area contributed by atoms with E-state index in [1.807, 2.05) is 0 Å². The van der Waals surface area contributed by atoms with Gasteiger partial charge in [-0.25, -0.2) is 0 Å². The van der Waals surface area contributed by atoms with Gasteiger partial charge in [-0.1, -0.05) is 48.6 Å². The summed E-state index contributed by atoms with van der Waals surface area (Å²) in [5.41, 5.74) is 3.05. The molecule has 0 aliphatic heterocycles. The normalized spacial score (nSPS) is 37.4. The van der Waals surface area contributed by atoms with Gasteiger partial charge in [-0.05, 0) is 48.1 Å². The van der Waals surface area contributed by atoms with Crippen LogP contribution in [0.2, 0.25) is 0 Å². The Bertz CT molecular complexity index is 495. The maximum absolute atomic E-state index is 2.48. The van der Waals surface area contributed by atoms with Crippen LogP contribution >= 0.6 is 0 Å². The highest BCUT2D eigenvalue weighted by molar-refractivity contribution is 5.33. The second kappa shape index (κ2) is 3.60. The van der Waals surface area contributed by atoms with E-state index in [2.05, 4.69) is 48.6 Å². The highest BCUT2D eigenvalue weighted by atomic mass is 14.4. The first kappa shape index (κ1) is 9.70. The molecule has 0 nitrogen and oxygen atoms in total. The van der Waals surface area contributed by atoms with Crippen molar-refractivity contribution in [3.63, 3.8) is 0 Å². The molecule has 0 radical (unpaired) electrons. The number of allylic oxidation sites excluding steroid dienone is 4. The van der Waals surface area contributed by atoms with Gasteiger partial charge in [0.05, 0.1) is 0 Å². The van der Waals surface area contributed by atoms with Gasteiger partial charge < -0.3 is 0 Å². The molecular weight excluding hydrogens is 204 g/mol. The van der Waals surface area contributed by atoms with E-state index >= 15 is 0 Å². The van der Waals surface area contributed by atoms with Crippen molar-refractivity contribution in [3.05, 3.63) is 59.7 Å². The molecule has 0 saturated carbocycles. The fourth-order valence-electron chi connectivity index (χ4n) is 3.82. The summed E-state index contributed by atoms with van der Waals surface area (Å²) in [5.74, 6) is 3.06. The Balaban J connectivity index is 1.81. The first-order valence-electron chi connectivity index (χ1n) is 6.84. The lowest BCUT2D eigenvalue weighted by Gasteiger charge is -2.21. The second-order valence-corrected chi connectivity index (χ2v) is 5.88. The van der Waals surface area contributed by atoms with Crippen LogP contribution in [0.5, 0.6) is 0 Å². The molecule has 3 aliphatic rings. The number of rotatable bonds is 0. The minimum atomic E-state index is 0.672. The Hall–Kier alpha value is -1.30. The monoisotopic (exact) mass is 222 g/mol. The van der Waals surface area contributed by atoms with Gasteiger partial charge in [0.1, 0.15) is 0 Å². The highest BCUT2D eigenvalue weighted by Crippen LogP contribution is 2.42. The van der Waals surface area contributed by atoms with Crippen LogP contribution in [0.25, 0.3) is 0 Å². The van der Waals surface area contributed by atoms with E-state index in [9.17, 15) is 0 Å². The lowest BCUT2D eigenvalue weighted by molar-refractivity contribution is 0.404. The molecule has 17 heavy (non-hydrogen) atoms. The predicted octanol–water partition coefficient (Wildman–Crippen LogP) is 4.09. The molecule has 6 bridgehead atoms. The van der Waals surface area contributed by atoms with Crippen molar-refractivity contribution in [2.45, 2.75) is 25.2 Å². The van der Waals surface area contributed by atoms with Crippen LogP contribution in [0.15, 0.2) is 48.6 Å². The molecule has 0 fully saturated rings. The third-order valence-electron chi connectivity index (χ3n) is 4.75. The van der Waals surface area contributed by atoms with Gasteiger partial charge in [0, 0.05) is 5.92 Å². The van der Waals surface area contributed by atoms with E-state index in [0.29, 0.717) is 5.92 Å². The summed E-state index contributed by atoms with van der Waals surface area (Å²) in [6.45, 7) is 0. The largest absolute Gasteiger partial charge is 0.0848 e. The molecule has 0 aromatic heterocycles. The van der Waals surface area contributed by atoms with Crippen LogP contribution in [-0.4, -0.2) is 0 Å². The van der Waals surface area contributed by atoms with E-state index in [1.165, 1.54) is 30.4 Å². The summed E-state index contributed by atoms with van der Waals surface area (Å²) >= 11 is 0. The lowest BCUT2D eigenvalue weighted by atomic mass is 9.83. The van der Waals surface area contributed by atoms with Crippen molar-refractivity contribution < 1.29 is 0 Å². The Kier molecular flexibility index (Phi) is 2.05. The van der Waals surface area contributed by atoms with Crippen molar-refractivity contribution in [1.82, 2.24) is 0 Å². The summed E-state index contributed by atoms with van der Waals surface area (Å²) in [7, 11) is 0. The van der Waals surface area contributed by atoms with Crippen molar-refractivity contribution in [2.75, 3.05) is 0 Å². The lowest BCUT2D eigenvalue weighted by Crippen LogP contribution is -2.12. The van der Waals surface area contributed by atoms with E-state index in [4.69, 9.17) is 0 Å². The molecule has 0 heteroatoms. The van der Waals surface area contributed by atoms with E-state index in [-0.39, 0.29) is 0 Å². The summed E-state index contributed by atoms with van der Waals surface area (Å²) < 4.78 is 0. The van der Waals surface area contributed by atoms with Crippen LogP contribution in [-0.2, 0) is 6.42 Å². The Morgan fingerprint density at radius 1 is 0.882 bits per heavy atom. The van der Waals surface area contributed by atoms with E-state index in [0.717, 1.165) is 17.8 Å². The van der Waals surface area contributed by atoms with Crippen molar-refractivity contribution in [1.29, 1.82) is 0 Å². The Labute approximate surface area is 103 Å². The highest BCUT2D eigenvalue weighted by Gasteiger charge is 2.31. The number of hydrogen-bond donors (Lipinski definition) is 0. The van der Waals surface area contributed by atoms with Gasteiger partial charge in [-0.15, -0.1) is 0 Å². The first-order chi connectivity index (χ1) is 8.38. The molecule has 0 saturated heterocycles. The SMILES string of the molecule is C1=C[C@H]2C[C@H]1Cc1cccc(c1)[C@@H]1C=C[C@@H]2C1. The fraction of sp³-hybridized carbons (Fsp3) is 0.412. The maximum Gasteiger partial charge on any atom is 0.00239 e. The average Bonchev–Trinajstić information content (AvgIpc) is 2.96. The quantitative estimate of drug-likeness (QED) is 0.580. The predicted molar refractivity (Wildman–Crippen MR) is 70.9 cm³/mol. The van der Waals surface area contributed by atoms with Gasteiger partial charge in [0.15, 0.2) is 0 Å². The van der Waals surface area contributed by atoms with E-state index < -0.39 is 0 Å². The minimum Gasteiger partial charge on any atom is -0.0848 e. The number of hydrogen-bond acceptors (Lipinski definition) is 0. The number of fused-ring (bicyclic) bond motifs is 8. The van der Waals surface area contributed by atoms with Crippen LogP contribution in [0.4, 0.5) is 0 Å². The Morgan fingerprint density at radius 2 is 1.76 bits per heavy atom. The smallest absolute Gasteiger partial charge is 0.00239 e. The molecule has 0 unspecified atom stereocenters. The van der Waals surface area contributed by atoms with Gasteiger partial charge in [0.2, 0.25) is 0 Å². The van der Waals surface area contributed by atoms with Crippen molar-refractivity contribution >= 4 is 0 Å². The second-order valence-electron chi connectivity index (χ2n) is 5.88. The molecular formula is C17H18. The van der Waals surface area contributed by atoms with E-state index in [1.54, 1.807) is 0 Å². The fourth-order valence-corrected chi connectivity index (χ4v) is 3.82. The molecule has 0 N–H and O–H groups in total. The third kappa shape index (κ3) is 1.58. The summed E-state index contributed by atoms with van der Waals surface area (Å²) in [5, 5.41) is 0. The zero-order chi connectivity index (χ0) is 11.2. The minimum absolute atomic E-state index is 0.672. The Morgan fingerprint density at radius 3 is 2.76 bits per heavy atom. The van der Waals surface area contributed by atoms with Gasteiger partial charge in [-0.2, -0.15) is 0 Å².